The quantitative estimate of drug-likeness (QED) is 0.785. The number of carbonyl (C=O) groups is 1. The van der Waals surface area contributed by atoms with Gasteiger partial charge in [-0.05, 0) is 42.3 Å². The molecule has 2 heterocycles. The summed E-state index contributed by atoms with van der Waals surface area (Å²) >= 11 is 0. The molecule has 0 aliphatic carbocycles. The Morgan fingerprint density at radius 3 is 2.67 bits per heavy atom. The molecular formula is C19H19N3O2. The summed E-state index contributed by atoms with van der Waals surface area (Å²) in [5.74, 6) is 0.444. The highest BCUT2D eigenvalue weighted by molar-refractivity contribution is 5.94. The summed E-state index contributed by atoms with van der Waals surface area (Å²) in [6, 6.07) is 13.3. The molecule has 0 bridgehead atoms. The molecule has 0 spiro atoms. The van der Waals surface area contributed by atoms with Crippen LogP contribution in [0.25, 0.3) is 5.69 Å². The first-order chi connectivity index (χ1) is 11.7. The summed E-state index contributed by atoms with van der Waals surface area (Å²) in [5.41, 5.74) is 3.66. The van der Waals surface area contributed by atoms with E-state index in [1.165, 1.54) is 0 Å². The lowest BCUT2D eigenvalue weighted by molar-refractivity contribution is 0.0951. The molecule has 0 aliphatic rings. The van der Waals surface area contributed by atoms with Crippen molar-refractivity contribution in [3.05, 3.63) is 77.7 Å². The summed E-state index contributed by atoms with van der Waals surface area (Å²) in [6.07, 6.45) is 5.62. The largest absolute Gasteiger partial charge is 0.481 e. The van der Waals surface area contributed by atoms with Crippen molar-refractivity contribution in [2.75, 3.05) is 7.11 Å². The van der Waals surface area contributed by atoms with E-state index in [9.17, 15) is 4.79 Å². The number of aryl methyl sites for hydroxylation is 1. The molecule has 3 rings (SSSR count). The van der Waals surface area contributed by atoms with Gasteiger partial charge in [-0.15, -0.1) is 0 Å². The van der Waals surface area contributed by atoms with Crippen LogP contribution in [0.3, 0.4) is 0 Å². The standard InChI is InChI=1S/C19H19N3O2/c1-14-5-7-16(11-17(14)22-9-3-4-10-22)19(23)21-13-15-6-8-18(24-2)20-12-15/h3-12H,13H2,1-2H3,(H,21,23). The van der Waals surface area contributed by atoms with Gasteiger partial charge in [0.2, 0.25) is 5.88 Å². The molecule has 0 aliphatic heterocycles. The maximum atomic E-state index is 12.4. The third kappa shape index (κ3) is 3.46. The molecule has 0 saturated carbocycles. The topological polar surface area (TPSA) is 56.1 Å². The van der Waals surface area contributed by atoms with Gasteiger partial charge in [0.25, 0.3) is 5.91 Å². The predicted octanol–water partition coefficient (Wildman–Crippen LogP) is 3.12. The van der Waals surface area contributed by atoms with Gasteiger partial charge in [-0.25, -0.2) is 4.98 Å². The van der Waals surface area contributed by atoms with Crippen LogP contribution in [0, 0.1) is 6.92 Å². The predicted molar refractivity (Wildman–Crippen MR) is 92.5 cm³/mol. The van der Waals surface area contributed by atoms with Gasteiger partial charge in [0.15, 0.2) is 0 Å². The second kappa shape index (κ2) is 7.00. The minimum atomic E-state index is -0.112. The van der Waals surface area contributed by atoms with Crippen LogP contribution in [0.1, 0.15) is 21.5 Å². The SMILES string of the molecule is COc1ccc(CNC(=O)c2ccc(C)c(-n3cccc3)c2)cn1. The van der Waals surface area contributed by atoms with Gasteiger partial charge in [0.1, 0.15) is 0 Å². The number of methoxy groups -OCH3 is 1. The van der Waals surface area contributed by atoms with Crippen molar-refractivity contribution in [2.24, 2.45) is 0 Å². The Morgan fingerprint density at radius 1 is 1.21 bits per heavy atom. The van der Waals surface area contributed by atoms with Crippen LogP contribution < -0.4 is 10.1 Å². The smallest absolute Gasteiger partial charge is 0.251 e. The molecule has 2 aromatic heterocycles. The lowest BCUT2D eigenvalue weighted by Crippen LogP contribution is -2.23. The second-order valence-corrected chi connectivity index (χ2v) is 5.48. The zero-order chi connectivity index (χ0) is 16.9. The molecule has 122 valence electrons. The van der Waals surface area contributed by atoms with E-state index in [0.29, 0.717) is 18.0 Å². The number of amides is 1. The molecule has 0 saturated heterocycles. The molecule has 1 aromatic carbocycles. The number of aromatic nitrogens is 2. The Kier molecular flexibility index (Phi) is 4.61. The maximum Gasteiger partial charge on any atom is 0.251 e. The van der Waals surface area contributed by atoms with Gasteiger partial charge in [0.05, 0.1) is 7.11 Å². The molecule has 1 N–H and O–H groups in total. The van der Waals surface area contributed by atoms with Crippen molar-refractivity contribution in [1.82, 2.24) is 14.9 Å². The Balaban J connectivity index is 1.71. The lowest BCUT2D eigenvalue weighted by atomic mass is 10.1. The van der Waals surface area contributed by atoms with Gasteiger partial charge in [-0.3, -0.25) is 4.79 Å². The number of nitrogens with one attached hydrogen (secondary N) is 1. The Hall–Kier alpha value is -3.08. The summed E-state index contributed by atoms with van der Waals surface area (Å²) in [4.78, 5) is 16.5. The molecule has 24 heavy (non-hydrogen) atoms. The third-order valence-corrected chi connectivity index (χ3v) is 3.81. The molecule has 3 aromatic rings. The van der Waals surface area contributed by atoms with Crippen molar-refractivity contribution in [3.8, 4) is 11.6 Å². The summed E-state index contributed by atoms with van der Waals surface area (Å²) in [7, 11) is 1.57. The number of ether oxygens (including phenoxy) is 1. The van der Waals surface area contributed by atoms with E-state index in [-0.39, 0.29) is 5.91 Å². The summed E-state index contributed by atoms with van der Waals surface area (Å²) in [6.45, 7) is 2.45. The zero-order valence-electron chi connectivity index (χ0n) is 13.7. The van der Waals surface area contributed by atoms with E-state index in [1.807, 2.05) is 60.3 Å². The third-order valence-electron chi connectivity index (χ3n) is 3.81. The van der Waals surface area contributed by atoms with Crippen molar-refractivity contribution in [2.45, 2.75) is 13.5 Å². The Bertz CT molecular complexity index is 824. The number of pyridine rings is 1. The lowest BCUT2D eigenvalue weighted by Gasteiger charge is -2.11. The molecule has 5 nitrogen and oxygen atoms in total. The van der Waals surface area contributed by atoms with Gasteiger partial charge in [-0.2, -0.15) is 0 Å². The molecular weight excluding hydrogens is 302 g/mol. The van der Waals surface area contributed by atoms with Crippen LogP contribution >= 0.6 is 0 Å². The van der Waals surface area contributed by atoms with Crippen molar-refractivity contribution >= 4 is 5.91 Å². The first kappa shape index (κ1) is 15.8. The normalized spacial score (nSPS) is 10.4. The van der Waals surface area contributed by atoms with Gasteiger partial charge >= 0.3 is 0 Å². The number of benzene rings is 1. The number of hydrogen-bond donors (Lipinski definition) is 1. The summed E-state index contributed by atoms with van der Waals surface area (Å²) < 4.78 is 7.02. The first-order valence-electron chi connectivity index (χ1n) is 7.68. The fourth-order valence-corrected chi connectivity index (χ4v) is 2.44. The van der Waals surface area contributed by atoms with Crippen LogP contribution in [0.5, 0.6) is 5.88 Å². The Labute approximate surface area is 140 Å². The van der Waals surface area contributed by atoms with E-state index < -0.39 is 0 Å². The molecule has 0 radical (unpaired) electrons. The maximum absolute atomic E-state index is 12.4. The fourth-order valence-electron chi connectivity index (χ4n) is 2.44. The van der Waals surface area contributed by atoms with Crippen LogP contribution in [0.2, 0.25) is 0 Å². The van der Waals surface area contributed by atoms with E-state index in [1.54, 1.807) is 19.4 Å². The highest BCUT2D eigenvalue weighted by Crippen LogP contribution is 2.16. The van der Waals surface area contributed by atoms with Crippen LogP contribution in [0.15, 0.2) is 61.1 Å². The van der Waals surface area contributed by atoms with Crippen LogP contribution in [-0.2, 0) is 6.54 Å². The number of hydrogen-bond acceptors (Lipinski definition) is 3. The highest BCUT2D eigenvalue weighted by atomic mass is 16.5. The molecule has 1 amide bonds. The second-order valence-electron chi connectivity index (χ2n) is 5.48. The molecule has 5 heteroatoms. The molecule has 0 atom stereocenters. The van der Waals surface area contributed by atoms with Crippen molar-refractivity contribution in [1.29, 1.82) is 0 Å². The van der Waals surface area contributed by atoms with Crippen LogP contribution in [0.4, 0.5) is 0 Å². The average Bonchev–Trinajstić information content (AvgIpc) is 3.15. The van der Waals surface area contributed by atoms with Gasteiger partial charge < -0.3 is 14.6 Å². The van der Waals surface area contributed by atoms with Crippen LogP contribution in [-0.4, -0.2) is 22.6 Å². The first-order valence-corrected chi connectivity index (χ1v) is 7.68. The molecule has 0 fully saturated rings. The number of nitrogens with zero attached hydrogens (tertiary/aromatic N) is 2. The van der Waals surface area contributed by atoms with Crippen molar-refractivity contribution < 1.29 is 9.53 Å². The minimum absolute atomic E-state index is 0.112. The van der Waals surface area contributed by atoms with Gasteiger partial charge in [0, 0.05) is 42.5 Å². The average molecular weight is 321 g/mol. The van der Waals surface area contributed by atoms with E-state index in [4.69, 9.17) is 4.74 Å². The van der Waals surface area contributed by atoms with Gasteiger partial charge in [-0.1, -0.05) is 12.1 Å². The summed E-state index contributed by atoms with van der Waals surface area (Å²) in [5, 5.41) is 2.92. The number of rotatable bonds is 5. The van der Waals surface area contributed by atoms with E-state index in [2.05, 4.69) is 10.3 Å². The highest BCUT2D eigenvalue weighted by Gasteiger charge is 2.09. The fraction of sp³-hybridized carbons (Fsp3) is 0.158. The van der Waals surface area contributed by atoms with E-state index >= 15 is 0 Å². The minimum Gasteiger partial charge on any atom is -0.481 e. The molecule has 0 unspecified atom stereocenters. The number of carbonyl (C=O) groups excluding carboxylic acids is 1. The van der Waals surface area contributed by atoms with E-state index in [0.717, 1.165) is 16.8 Å². The Morgan fingerprint density at radius 2 is 2.00 bits per heavy atom. The van der Waals surface area contributed by atoms with Crippen molar-refractivity contribution in [3.63, 3.8) is 0 Å². The zero-order valence-corrected chi connectivity index (χ0v) is 13.7. The monoisotopic (exact) mass is 321 g/mol.